The van der Waals surface area contributed by atoms with Gasteiger partial charge < -0.3 is 10.4 Å². The number of nitrogens with zero attached hydrogens (tertiary/aromatic N) is 1. The standard InChI is InChI=1S/C21H19N3O3/c25-20(22-19-12-18(23-24-19)16-7-8-16)11-13-1-3-14(4-2-13)15-5-9-17(10-6-15)21(26)27/h1-6,9-10,12,16H,7-8,11H2,(H,26,27)(H2,22,23,24,25). The van der Waals surface area contributed by atoms with Crippen molar-refractivity contribution in [1.29, 1.82) is 0 Å². The van der Waals surface area contributed by atoms with E-state index in [0.717, 1.165) is 22.4 Å². The van der Waals surface area contributed by atoms with Crippen LogP contribution in [0.25, 0.3) is 11.1 Å². The summed E-state index contributed by atoms with van der Waals surface area (Å²) in [5, 5.41) is 18.9. The molecule has 0 radical (unpaired) electrons. The van der Waals surface area contributed by atoms with Crippen LogP contribution in [0.1, 0.15) is 40.4 Å². The van der Waals surface area contributed by atoms with E-state index >= 15 is 0 Å². The zero-order chi connectivity index (χ0) is 18.8. The highest BCUT2D eigenvalue weighted by Crippen LogP contribution is 2.39. The van der Waals surface area contributed by atoms with Crippen LogP contribution in [0.5, 0.6) is 0 Å². The highest BCUT2D eigenvalue weighted by molar-refractivity contribution is 5.91. The Bertz CT molecular complexity index is 971. The number of benzene rings is 2. The molecule has 0 atom stereocenters. The van der Waals surface area contributed by atoms with Gasteiger partial charge in [0.2, 0.25) is 5.91 Å². The second-order valence-electron chi connectivity index (χ2n) is 6.79. The van der Waals surface area contributed by atoms with Crippen LogP contribution < -0.4 is 5.32 Å². The largest absolute Gasteiger partial charge is 0.478 e. The highest BCUT2D eigenvalue weighted by Gasteiger charge is 2.25. The number of anilines is 1. The Morgan fingerprint density at radius 1 is 1.04 bits per heavy atom. The van der Waals surface area contributed by atoms with Crippen molar-refractivity contribution in [2.75, 3.05) is 5.32 Å². The number of aromatic amines is 1. The number of nitrogens with one attached hydrogen (secondary N) is 2. The highest BCUT2D eigenvalue weighted by atomic mass is 16.4. The maximum atomic E-state index is 12.2. The second-order valence-corrected chi connectivity index (χ2v) is 6.79. The number of carboxylic acid groups (broad SMARTS) is 1. The second kappa shape index (κ2) is 7.07. The molecule has 1 aliphatic rings. The van der Waals surface area contributed by atoms with E-state index in [2.05, 4.69) is 15.5 Å². The predicted octanol–water partition coefficient (Wildman–Crippen LogP) is 3.83. The Hall–Kier alpha value is -3.41. The van der Waals surface area contributed by atoms with E-state index in [1.807, 2.05) is 30.3 Å². The minimum Gasteiger partial charge on any atom is -0.478 e. The molecule has 3 aromatic rings. The summed E-state index contributed by atoms with van der Waals surface area (Å²) in [7, 11) is 0. The lowest BCUT2D eigenvalue weighted by Gasteiger charge is -2.05. The topological polar surface area (TPSA) is 95.1 Å². The molecule has 0 unspecified atom stereocenters. The first kappa shape index (κ1) is 17.0. The van der Waals surface area contributed by atoms with Crippen LogP contribution >= 0.6 is 0 Å². The monoisotopic (exact) mass is 361 g/mol. The fourth-order valence-corrected chi connectivity index (χ4v) is 3.00. The van der Waals surface area contributed by atoms with E-state index in [0.29, 0.717) is 11.7 Å². The van der Waals surface area contributed by atoms with Crippen LogP contribution in [0, 0.1) is 0 Å². The van der Waals surface area contributed by atoms with Crippen molar-refractivity contribution >= 4 is 17.7 Å². The first-order valence-corrected chi connectivity index (χ1v) is 8.86. The number of rotatable bonds is 6. The van der Waals surface area contributed by atoms with Gasteiger partial charge in [0.25, 0.3) is 0 Å². The van der Waals surface area contributed by atoms with Gasteiger partial charge in [-0.1, -0.05) is 36.4 Å². The fraction of sp³-hybridized carbons (Fsp3) is 0.190. The van der Waals surface area contributed by atoms with Gasteiger partial charge in [-0.3, -0.25) is 9.89 Å². The molecule has 1 aromatic heterocycles. The van der Waals surface area contributed by atoms with Crippen LogP contribution in [-0.4, -0.2) is 27.2 Å². The molecule has 0 aliphatic heterocycles. The third-order valence-corrected chi connectivity index (χ3v) is 4.67. The summed E-state index contributed by atoms with van der Waals surface area (Å²) in [6.45, 7) is 0. The molecule has 2 aromatic carbocycles. The number of amides is 1. The number of carbonyl (C=O) groups is 2. The number of carboxylic acids is 1. The SMILES string of the molecule is O=C(Cc1ccc(-c2ccc(C(=O)O)cc2)cc1)Nc1cc(C2CC2)[nH]n1. The van der Waals surface area contributed by atoms with Gasteiger partial charge in [0.1, 0.15) is 0 Å². The molecule has 1 heterocycles. The van der Waals surface area contributed by atoms with Gasteiger partial charge in [0.05, 0.1) is 12.0 Å². The van der Waals surface area contributed by atoms with Gasteiger partial charge in [0.15, 0.2) is 5.82 Å². The fourth-order valence-electron chi connectivity index (χ4n) is 3.00. The smallest absolute Gasteiger partial charge is 0.335 e. The summed E-state index contributed by atoms with van der Waals surface area (Å²) in [5.74, 6) is 0.0868. The molecule has 6 nitrogen and oxygen atoms in total. The van der Waals surface area contributed by atoms with Gasteiger partial charge in [-0.25, -0.2) is 4.79 Å². The summed E-state index contributed by atoms with van der Waals surface area (Å²) in [4.78, 5) is 23.1. The lowest BCUT2D eigenvalue weighted by atomic mass is 10.0. The third kappa shape index (κ3) is 4.06. The molecular weight excluding hydrogens is 342 g/mol. The Kier molecular flexibility index (Phi) is 4.46. The summed E-state index contributed by atoms with van der Waals surface area (Å²) in [5.41, 5.74) is 4.15. The average Bonchev–Trinajstić information content (AvgIpc) is 3.42. The minimum absolute atomic E-state index is 0.109. The summed E-state index contributed by atoms with van der Waals surface area (Å²) < 4.78 is 0. The maximum absolute atomic E-state index is 12.2. The van der Waals surface area contributed by atoms with E-state index in [-0.39, 0.29) is 17.9 Å². The van der Waals surface area contributed by atoms with Crippen molar-refractivity contribution in [3.05, 3.63) is 71.4 Å². The molecule has 27 heavy (non-hydrogen) atoms. The Labute approximate surface area is 156 Å². The normalized spacial score (nSPS) is 13.3. The number of hydrogen-bond donors (Lipinski definition) is 3. The van der Waals surface area contributed by atoms with Gasteiger partial charge in [0, 0.05) is 17.7 Å². The number of aromatic carboxylic acids is 1. The van der Waals surface area contributed by atoms with Crippen LogP contribution in [0.4, 0.5) is 5.82 Å². The van der Waals surface area contributed by atoms with Crippen LogP contribution in [0.2, 0.25) is 0 Å². The van der Waals surface area contributed by atoms with E-state index in [4.69, 9.17) is 5.11 Å². The molecular formula is C21H19N3O3. The van der Waals surface area contributed by atoms with Crippen molar-refractivity contribution in [1.82, 2.24) is 10.2 Å². The molecule has 3 N–H and O–H groups in total. The van der Waals surface area contributed by atoms with E-state index in [9.17, 15) is 9.59 Å². The first-order valence-electron chi connectivity index (χ1n) is 8.86. The van der Waals surface area contributed by atoms with E-state index in [1.165, 1.54) is 12.8 Å². The molecule has 6 heteroatoms. The van der Waals surface area contributed by atoms with Crippen molar-refractivity contribution in [3.8, 4) is 11.1 Å². The molecule has 136 valence electrons. The molecule has 0 saturated heterocycles. The van der Waals surface area contributed by atoms with Crippen molar-refractivity contribution < 1.29 is 14.7 Å². The average molecular weight is 361 g/mol. The third-order valence-electron chi connectivity index (χ3n) is 4.67. The van der Waals surface area contributed by atoms with Crippen molar-refractivity contribution in [3.63, 3.8) is 0 Å². The Morgan fingerprint density at radius 2 is 1.67 bits per heavy atom. The van der Waals surface area contributed by atoms with Crippen LogP contribution in [-0.2, 0) is 11.2 Å². The Morgan fingerprint density at radius 3 is 2.26 bits per heavy atom. The van der Waals surface area contributed by atoms with Gasteiger partial charge in [-0.05, 0) is 41.7 Å². The molecule has 1 amide bonds. The molecule has 1 fully saturated rings. The van der Waals surface area contributed by atoms with Crippen LogP contribution in [0.15, 0.2) is 54.6 Å². The van der Waals surface area contributed by atoms with E-state index < -0.39 is 5.97 Å². The zero-order valence-electron chi connectivity index (χ0n) is 14.6. The minimum atomic E-state index is -0.941. The van der Waals surface area contributed by atoms with Crippen molar-refractivity contribution in [2.24, 2.45) is 0 Å². The zero-order valence-corrected chi connectivity index (χ0v) is 14.6. The molecule has 1 saturated carbocycles. The van der Waals surface area contributed by atoms with E-state index in [1.54, 1.807) is 24.3 Å². The summed E-state index contributed by atoms with van der Waals surface area (Å²) in [6.07, 6.45) is 2.63. The van der Waals surface area contributed by atoms with Gasteiger partial charge in [-0.15, -0.1) is 0 Å². The van der Waals surface area contributed by atoms with Crippen molar-refractivity contribution in [2.45, 2.75) is 25.2 Å². The van der Waals surface area contributed by atoms with Crippen LogP contribution in [0.3, 0.4) is 0 Å². The number of H-pyrrole nitrogens is 1. The molecule has 0 bridgehead atoms. The molecule has 1 aliphatic carbocycles. The predicted molar refractivity (Wildman–Crippen MR) is 102 cm³/mol. The van der Waals surface area contributed by atoms with Gasteiger partial charge >= 0.3 is 5.97 Å². The summed E-state index contributed by atoms with van der Waals surface area (Å²) in [6, 6.07) is 16.3. The lowest BCUT2D eigenvalue weighted by molar-refractivity contribution is -0.115. The maximum Gasteiger partial charge on any atom is 0.335 e. The number of aromatic nitrogens is 2. The molecule has 4 rings (SSSR count). The lowest BCUT2D eigenvalue weighted by Crippen LogP contribution is -2.14. The summed E-state index contributed by atoms with van der Waals surface area (Å²) >= 11 is 0. The number of carbonyl (C=O) groups excluding carboxylic acids is 1. The number of hydrogen-bond acceptors (Lipinski definition) is 3. The quantitative estimate of drug-likeness (QED) is 0.622. The van der Waals surface area contributed by atoms with Gasteiger partial charge in [-0.2, -0.15) is 5.10 Å². The first-order chi connectivity index (χ1) is 13.1. The Balaban J connectivity index is 1.37. The molecule has 0 spiro atoms.